The number of ether oxygens (including phenoxy) is 2. The van der Waals surface area contributed by atoms with Gasteiger partial charge in [0.05, 0.1) is 6.61 Å². The Morgan fingerprint density at radius 3 is 2.63 bits per heavy atom. The van der Waals surface area contributed by atoms with Gasteiger partial charge in [-0.05, 0) is 12.5 Å². The Bertz CT molecular complexity index is 369. The van der Waals surface area contributed by atoms with Crippen molar-refractivity contribution in [2.24, 2.45) is 0 Å². The smallest absolute Gasteiger partial charge is 0.127 e. The van der Waals surface area contributed by atoms with Gasteiger partial charge in [-0.1, -0.05) is 26.8 Å². The van der Waals surface area contributed by atoms with Crippen LogP contribution in [0.4, 0.5) is 4.39 Å². The zero-order valence-electron chi connectivity index (χ0n) is 12.0. The number of halogens is 1. The molecule has 0 radical (unpaired) electrons. The topological polar surface area (TPSA) is 30.5 Å². The van der Waals surface area contributed by atoms with Gasteiger partial charge >= 0.3 is 0 Å². The quantitative estimate of drug-likeness (QED) is 0.746. The van der Waals surface area contributed by atoms with E-state index in [0.29, 0.717) is 24.9 Å². The van der Waals surface area contributed by atoms with Crippen molar-refractivity contribution in [1.82, 2.24) is 5.32 Å². The van der Waals surface area contributed by atoms with E-state index in [-0.39, 0.29) is 6.61 Å². The highest BCUT2D eigenvalue weighted by Gasteiger charge is 2.07. The van der Waals surface area contributed by atoms with Crippen LogP contribution in [0.1, 0.15) is 32.8 Å². The molecular weight excluding hydrogens is 245 g/mol. The Morgan fingerprint density at radius 1 is 1.21 bits per heavy atom. The molecule has 1 aromatic carbocycles. The van der Waals surface area contributed by atoms with Crippen molar-refractivity contribution in [3.8, 4) is 11.5 Å². The summed E-state index contributed by atoms with van der Waals surface area (Å²) in [6.07, 6.45) is 0.956. The van der Waals surface area contributed by atoms with Crippen molar-refractivity contribution in [3.63, 3.8) is 0 Å². The normalized spacial score (nSPS) is 10.8. The van der Waals surface area contributed by atoms with Gasteiger partial charge in [-0.15, -0.1) is 0 Å². The fraction of sp³-hybridized carbons (Fsp3) is 0.600. The van der Waals surface area contributed by atoms with Gasteiger partial charge in [-0.25, -0.2) is 4.39 Å². The summed E-state index contributed by atoms with van der Waals surface area (Å²) in [4.78, 5) is 0. The molecule has 0 saturated heterocycles. The fourth-order valence-corrected chi connectivity index (χ4v) is 1.59. The van der Waals surface area contributed by atoms with Crippen LogP contribution in [0.15, 0.2) is 18.2 Å². The third-order valence-electron chi connectivity index (χ3n) is 2.55. The van der Waals surface area contributed by atoms with E-state index < -0.39 is 6.67 Å². The van der Waals surface area contributed by atoms with Crippen molar-refractivity contribution >= 4 is 0 Å². The van der Waals surface area contributed by atoms with Gasteiger partial charge in [-0.3, -0.25) is 0 Å². The summed E-state index contributed by atoms with van der Waals surface area (Å²) in [6.45, 7) is 7.19. The molecule has 0 atom stereocenters. The molecule has 0 aliphatic heterocycles. The second-order valence-electron chi connectivity index (χ2n) is 4.69. The summed E-state index contributed by atoms with van der Waals surface area (Å²) in [7, 11) is 0. The minimum Gasteiger partial charge on any atom is -0.493 e. The average Bonchev–Trinajstić information content (AvgIpc) is 2.41. The maximum Gasteiger partial charge on any atom is 0.127 e. The maximum atomic E-state index is 12.3. The second kappa shape index (κ2) is 8.75. The molecule has 1 N–H and O–H groups in total. The molecule has 19 heavy (non-hydrogen) atoms. The predicted molar refractivity (Wildman–Crippen MR) is 75.7 cm³/mol. The van der Waals surface area contributed by atoms with Crippen molar-refractivity contribution in [2.45, 2.75) is 39.8 Å². The number of benzene rings is 1. The lowest BCUT2D eigenvalue weighted by molar-refractivity contribution is 0.266. The van der Waals surface area contributed by atoms with Gasteiger partial charge in [-0.2, -0.15) is 0 Å². The van der Waals surface area contributed by atoms with Crippen LogP contribution in [0.3, 0.4) is 0 Å². The van der Waals surface area contributed by atoms with Crippen LogP contribution in [-0.2, 0) is 6.54 Å². The van der Waals surface area contributed by atoms with E-state index in [1.807, 2.05) is 18.2 Å². The summed E-state index contributed by atoms with van der Waals surface area (Å²) in [6, 6.07) is 6.12. The van der Waals surface area contributed by atoms with Crippen LogP contribution in [0.25, 0.3) is 0 Å². The minimum absolute atomic E-state index is 0.0753. The Hall–Kier alpha value is -1.29. The van der Waals surface area contributed by atoms with E-state index in [9.17, 15) is 4.39 Å². The molecule has 0 heterocycles. The molecular formula is C15H24FNO2. The van der Waals surface area contributed by atoms with Crippen molar-refractivity contribution in [2.75, 3.05) is 19.9 Å². The zero-order chi connectivity index (χ0) is 14.1. The van der Waals surface area contributed by atoms with E-state index in [1.54, 1.807) is 0 Å². The maximum absolute atomic E-state index is 12.3. The van der Waals surface area contributed by atoms with Crippen molar-refractivity contribution < 1.29 is 13.9 Å². The van der Waals surface area contributed by atoms with Crippen LogP contribution in [-0.4, -0.2) is 25.9 Å². The Kier molecular flexibility index (Phi) is 7.26. The monoisotopic (exact) mass is 269 g/mol. The molecule has 0 aliphatic rings. The molecule has 0 unspecified atom stereocenters. The highest BCUT2D eigenvalue weighted by atomic mass is 19.1. The van der Waals surface area contributed by atoms with E-state index in [1.165, 1.54) is 0 Å². The number of hydrogen-bond acceptors (Lipinski definition) is 3. The summed E-state index contributed by atoms with van der Waals surface area (Å²) in [5, 5.41) is 3.33. The minimum atomic E-state index is -0.489. The second-order valence-corrected chi connectivity index (χ2v) is 4.69. The van der Waals surface area contributed by atoms with Gasteiger partial charge < -0.3 is 14.8 Å². The van der Waals surface area contributed by atoms with Crippen LogP contribution >= 0.6 is 0 Å². The Morgan fingerprint density at radius 2 is 2.00 bits per heavy atom. The Balaban J connectivity index is 2.76. The molecule has 108 valence electrons. The summed E-state index contributed by atoms with van der Waals surface area (Å²) in [5.74, 6) is 1.46. The largest absolute Gasteiger partial charge is 0.493 e. The van der Waals surface area contributed by atoms with Crippen LogP contribution in [0.2, 0.25) is 0 Å². The third-order valence-corrected chi connectivity index (χ3v) is 2.55. The molecule has 3 nitrogen and oxygen atoms in total. The highest BCUT2D eigenvalue weighted by molar-refractivity contribution is 5.40. The molecule has 0 spiro atoms. The van der Waals surface area contributed by atoms with Gasteiger partial charge in [0.1, 0.15) is 24.8 Å². The first-order valence-electron chi connectivity index (χ1n) is 6.85. The number of alkyl halides is 1. The SMILES string of the molecule is CCCOc1ccc(CNC(C)C)c(OCCF)c1. The van der Waals surface area contributed by atoms with Crippen LogP contribution in [0, 0.1) is 0 Å². The lowest BCUT2D eigenvalue weighted by Gasteiger charge is -2.15. The first-order chi connectivity index (χ1) is 9.17. The fourth-order valence-electron chi connectivity index (χ4n) is 1.59. The molecule has 0 amide bonds. The van der Waals surface area contributed by atoms with E-state index in [4.69, 9.17) is 9.47 Å². The lowest BCUT2D eigenvalue weighted by Crippen LogP contribution is -2.22. The van der Waals surface area contributed by atoms with Gasteiger partial charge in [0.15, 0.2) is 0 Å². The molecule has 0 bridgehead atoms. The van der Waals surface area contributed by atoms with E-state index in [2.05, 4.69) is 26.1 Å². The molecule has 0 aromatic heterocycles. The zero-order valence-corrected chi connectivity index (χ0v) is 12.0. The number of nitrogens with one attached hydrogen (secondary N) is 1. The number of hydrogen-bond donors (Lipinski definition) is 1. The van der Waals surface area contributed by atoms with Crippen molar-refractivity contribution in [1.29, 1.82) is 0 Å². The first-order valence-corrected chi connectivity index (χ1v) is 6.85. The lowest BCUT2D eigenvalue weighted by atomic mass is 10.2. The summed E-state index contributed by atoms with van der Waals surface area (Å²) >= 11 is 0. The molecule has 1 aromatic rings. The van der Waals surface area contributed by atoms with E-state index in [0.717, 1.165) is 17.7 Å². The molecule has 0 saturated carbocycles. The third kappa shape index (κ3) is 5.92. The van der Waals surface area contributed by atoms with Gasteiger partial charge in [0.25, 0.3) is 0 Å². The van der Waals surface area contributed by atoms with Crippen LogP contribution in [0.5, 0.6) is 11.5 Å². The predicted octanol–water partition coefficient (Wildman–Crippen LogP) is 3.32. The molecule has 1 rings (SSSR count). The van der Waals surface area contributed by atoms with E-state index >= 15 is 0 Å². The molecule has 0 fully saturated rings. The Labute approximate surface area is 115 Å². The summed E-state index contributed by atoms with van der Waals surface area (Å²) in [5.41, 5.74) is 1.02. The molecule has 4 heteroatoms. The molecule has 0 aliphatic carbocycles. The summed E-state index contributed by atoms with van der Waals surface area (Å²) < 4.78 is 23.3. The highest BCUT2D eigenvalue weighted by Crippen LogP contribution is 2.25. The standard InChI is InChI=1S/C15H24FNO2/c1-4-8-18-14-6-5-13(11-17-12(2)3)15(10-14)19-9-7-16/h5-6,10,12,17H,4,7-9,11H2,1-3H3. The average molecular weight is 269 g/mol. The van der Waals surface area contributed by atoms with Crippen molar-refractivity contribution in [3.05, 3.63) is 23.8 Å². The van der Waals surface area contributed by atoms with Gasteiger partial charge in [0, 0.05) is 24.2 Å². The van der Waals surface area contributed by atoms with Crippen LogP contribution < -0.4 is 14.8 Å². The van der Waals surface area contributed by atoms with Gasteiger partial charge in [0.2, 0.25) is 0 Å². The first kappa shape index (κ1) is 15.8. The number of rotatable bonds is 9.